The van der Waals surface area contributed by atoms with Gasteiger partial charge in [-0.15, -0.1) is 12.3 Å². The Morgan fingerprint density at radius 1 is 1.16 bits per heavy atom. The molecule has 4 aliphatic rings. The standard InChI is InChI=1S/C24H36O/c1-5-6-16(2)20-9-10-21-19-8-7-17-15-18(25)11-13-23(17,3)22(19)12-14-24(20,21)4/h1,15-16,18-22,25H,6-14H2,2-4H3/t16?,18-,19?,20+,21?,22?,23-,24+/m0/s1. The Balaban J connectivity index is 1.60. The van der Waals surface area contributed by atoms with Crippen LogP contribution in [-0.4, -0.2) is 11.2 Å². The predicted octanol–water partition coefficient (Wildman–Crippen LogP) is 5.59. The molecule has 0 radical (unpaired) electrons. The van der Waals surface area contributed by atoms with Crippen molar-refractivity contribution in [2.45, 2.75) is 84.7 Å². The summed E-state index contributed by atoms with van der Waals surface area (Å²) >= 11 is 0. The Bertz CT molecular complexity index is 598. The molecule has 0 bridgehead atoms. The molecule has 3 fully saturated rings. The Hall–Kier alpha value is -0.740. The highest BCUT2D eigenvalue weighted by Gasteiger charge is 2.59. The fourth-order valence-corrected chi connectivity index (χ4v) is 8.01. The first kappa shape index (κ1) is 17.7. The Labute approximate surface area is 154 Å². The molecule has 8 atom stereocenters. The second-order valence-corrected chi connectivity index (χ2v) is 10.2. The summed E-state index contributed by atoms with van der Waals surface area (Å²) < 4.78 is 0. The van der Waals surface area contributed by atoms with Crippen LogP contribution in [0.2, 0.25) is 0 Å². The van der Waals surface area contributed by atoms with Crippen LogP contribution in [0.15, 0.2) is 11.6 Å². The first-order valence-corrected chi connectivity index (χ1v) is 10.7. The van der Waals surface area contributed by atoms with E-state index in [0.29, 0.717) is 16.7 Å². The first-order chi connectivity index (χ1) is 11.9. The molecule has 4 aliphatic carbocycles. The Morgan fingerprint density at radius 3 is 2.72 bits per heavy atom. The van der Waals surface area contributed by atoms with Crippen LogP contribution < -0.4 is 0 Å². The maximum Gasteiger partial charge on any atom is 0.0724 e. The maximum atomic E-state index is 10.1. The van der Waals surface area contributed by atoms with E-state index < -0.39 is 0 Å². The van der Waals surface area contributed by atoms with Crippen molar-refractivity contribution in [1.29, 1.82) is 0 Å². The monoisotopic (exact) mass is 340 g/mol. The van der Waals surface area contributed by atoms with Gasteiger partial charge >= 0.3 is 0 Å². The molecular weight excluding hydrogens is 304 g/mol. The molecule has 0 aliphatic heterocycles. The van der Waals surface area contributed by atoms with Gasteiger partial charge in [0.05, 0.1) is 6.10 Å². The summed E-state index contributed by atoms with van der Waals surface area (Å²) in [7, 11) is 0. The summed E-state index contributed by atoms with van der Waals surface area (Å²) in [5, 5.41) is 10.1. The van der Waals surface area contributed by atoms with E-state index in [-0.39, 0.29) is 6.10 Å². The molecule has 4 rings (SSSR count). The Kier molecular flexibility index (Phi) is 4.35. The van der Waals surface area contributed by atoms with Gasteiger partial charge < -0.3 is 5.11 Å². The lowest BCUT2D eigenvalue weighted by molar-refractivity contribution is -0.0617. The van der Waals surface area contributed by atoms with E-state index in [2.05, 4.69) is 32.8 Å². The maximum absolute atomic E-state index is 10.1. The van der Waals surface area contributed by atoms with Crippen LogP contribution in [0.3, 0.4) is 0 Å². The van der Waals surface area contributed by atoms with Crippen LogP contribution in [0.1, 0.15) is 78.6 Å². The summed E-state index contributed by atoms with van der Waals surface area (Å²) in [5.74, 6) is 7.09. The topological polar surface area (TPSA) is 20.2 Å². The fourth-order valence-electron chi connectivity index (χ4n) is 8.01. The third kappa shape index (κ3) is 2.55. The molecule has 4 unspecified atom stereocenters. The Morgan fingerprint density at radius 2 is 1.96 bits per heavy atom. The number of fused-ring (bicyclic) bond motifs is 5. The van der Waals surface area contributed by atoms with Gasteiger partial charge in [0.1, 0.15) is 0 Å². The van der Waals surface area contributed by atoms with Gasteiger partial charge in [-0.25, -0.2) is 0 Å². The third-order valence-electron chi connectivity index (χ3n) is 9.29. The zero-order chi connectivity index (χ0) is 17.8. The highest BCUT2D eigenvalue weighted by Crippen LogP contribution is 2.67. The molecule has 0 aromatic carbocycles. The number of allylic oxidation sites excluding steroid dienone is 1. The normalized spacial score (nSPS) is 50.0. The summed E-state index contributed by atoms with van der Waals surface area (Å²) in [6.07, 6.45) is 19.0. The van der Waals surface area contributed by atoms with Crippen molar-refractivity contribution >= 4 is 0 Å². The smallest absolute Gasteiger partial charge is 0.0724 e. The van der Waals surface area contributed by atoms with Gasteiger partial charge in [0.25, 0.3) is 0 Å². The van der Waals surface area contributed by atoms with Gasteiger partial charge in [-0.1, -0.05) is 32.4 Å². The number of hydrogen-bond acceptors (Lipinski definition) is 1. The zero-order valence-electron chi connectivity index (χ0n) is 16.4. The number of terminal acetylenes is 1. The van der Waals surface area contributed by atoms with Crippen molar-refractivity contribution in [3.63, 3.8) is 0 Å². The van der Waals surface area contributed by atoms with Crippen LogP contribution in [0, 0.1) is 52.8 Å². The molecule has 0 saturated heterocycles. The average Bonchev–Trinajstić information content (AvgIpc) is 2.93. The molecule has 1 heteroatoms. The SMILES string of the molecule is C#CCC(C)[C@H]1CCC2C3CCC4=C[C@@H](O)CC[C@]4(C)C3CC[C@@]21C. The van der Waals surface area contributed by atoms with Crippen molar-refractivity contribution in [3.05, 3.63) is 11.6 Å². The largest absolute Gasteiger partial charge is 0.389 e. The van der Waals surface area contributed by atoms with Crippen LogP contribution in [-0.2, 0) is 0 Å². The predicted molar refractivity (Wildman–Crippen MR) is 104 cm³/mol. The van der Waals surface area contributed by atoms with E-state index in [1.165, 1.54) is 44.9 Å². The van der Waals surface area contributed by atoms with Crippen molar-refractivity contribution < 1.29 is 5.11 Å². The molecule has 1 N–H and O–H groups in total. The highest BCUT2D eigenvalue weighted by atomic mass is 16.3. The molecule has 0 amide bonds. The lowest BCUT2D eigenvalue weighted by Gasteiger charge is -2.59. The van der Waals surface area contributed by atoms with Gasteiger partial charge in [0, 0.05) is 6.42 Å². The van der Waals surface area contributed by atoms with E-state index >= 15 is 0 Å². The first-order valence-electron chi connectivity index (χ1n) is 10.7. The summed E-state index contributed by atoms with van der Waals surface area (Å²) in [6.45, 7) is 7.53. The molecule has 138 valence electrons. The van der Waals surface area contributed by atoms with Crippen LogP contribution >= 0.6 is 0 Å². The molecular formula is C24H36O. The van der Waals surface area contributed by atoms with Gasteiger partial charge in [0.15, 0.2) is 0 Å². The van der Waals surface area contributed by atoms with Crippen molar-refractivity contribution in [3.8, 4) is 12.3 Å². The summed E-state index contributed by atoms with van der Waals surface area (Å²) in [5.41, 5.74) is 2.47. The van der Waals surface area contributed by atoms with E-state index in [1.54, 1.807) is 5.57 Å². The van der Waals surface area contributed by atoms with Crippen molar-refractivity contribution in [1.82, 2.24) is 0 Å². The molecule has 0 spiro atoms. The minimum Gasteiger partial charge on any atom is -0.389 e. The average molecular weight is 341 g/mol. The van der Waals surface area contributed by atoms with Gasteiger partial charge in [-0.3, -0.25) is 0 Å². The van der Waals surface area contributed by atoms with Crippen LogP contribution in [0.25, 0.3) is 0 Å². The number of aliphatic hydroxyl groups excluding tert-OH is 1. The van der Waals surface area contributed by atoms with Crippen molar-refractivity contribution in [2.75, 3.05) is 0 Å². The van der Waals surface area contributed by atoms with Crippen LogP contribution in [0.5, 0.6) is 0 Å². The molecule has 0 aromatic rings. The quantitative estimate of drug-likeness (QED) is 0.513. The fraction of sp³-hybridized carbons (Fsp3) is 0.833. The van der Waals surface area contributed by atoms with Crippen molar-refractivity contribution in [2.24, 2.45) is 40.4 Å². The lowest BCUT2D eigenvalue weighted by Crippen LogP contribution is -2.51. The number of aliphatic hydroxyl groups is 1. The molecule has 0 aromatic heterocycles. The van der Waals surface area contributed by atoms with E-state index in [1.807, 2.05) is 0 Å². The zero-order valence-corrected chi connectivity index (χ0v) is 16.4. The lowest BCUT2D eigenvalue weighted by atomic mass is 9.46. The summed E-state index contributed by atoms with van der Waals surface area (Å²) in [6, 6.07) is 0. The minimum absolute atomic E-state index is 0.186. The van der Waals surface area contributed by atoms with E-state index in [0.717, 1.165) is 36.5 Å². The second-order valence-electron chi connectivity index (χ2n) is 10.2. The van der Waals surface area contributed by atoms with Gasteiger partial charge in [-0.2, -0.15) is 0 Å². The van der Waals surface area contributed by atoms with E-state index in [4.69, 9.17) is 6.42 Å². The van der Waals surface area contributed by atoms with Crippen LogP contribution in [0.4, 0.5) is 0 Å². The van der Waals surface area contributed by atoms with Gasteiger partial charge in [-0.05, 0) is 91.8 Å². The molecule has 1 nitrogen and oxygen atoms in total. The third-order valence-corrected chi connectivity index (χ3v) is 9.29. The number of rotatable bonds is 2. The molecule has 25 heavy (non-hydrogen) atoms. The number of hydrogen-bond donors (Lipinski definition) is 1. The molecule has 3 saturated carbocycles. The minimum atomic E-state index is -0.186. The highest BCUT2D eigenvalue weighted by molar-refractivity contribution is 5.25. The van der Waals surface area contributed by atoms with Gasteiger partial charge in [0.2, 0.25) is 0 Å². The molecule has 0 heterocycles. The second kappa shape index (κ2) is 6.16. The summed E-state index contributed by atoms with van der Waals surface area (Å²) in [4.78, 5) is 0. The van der Waals surface area contributed by atoms with E-state index in [9.17, 15) is 5.11 Å².